The van der Waals surface area contributed by atoms with Gasteiger partial charge in [-0.15, -0.1) is 0 Å². The molecule has 0 saturated carbocycles. The van der Waals surface area contributed by atoms with Gasteiger partial charge in [-0.1, -0.05) is 179 Å². The van der Waals surface area contributed by atoms with Crippen molar-refractivity contribution < 1.29 is 38.2 Å². The first kappa shape index (κ1) is 54.6. The summed E-state index contributed by atoms with van der Waals surface area (Å²) < 4.78 is 17.2. The fraction of sp³-hybridized carbons (Fsp3) is 0.816. The van der Waals surface area contributed by atoms with Crippen LogP contribution in [-0.2, 0) is 28.6 Å². The third-order valence-electron chi connectivity index (χ3n) is 10.5. The van der Waals surface area contributed by atoms with Gasteiger partial charge in [0.05, 0.1) is 40.3 Å². The lowest BCUT2D eigenvalue weighted by Crippen LogP contribution is -2.55. The molecule has 0 heterocycles. The summed E-state index contributed by atoms with van der Waals surface area (Å²) >= 11 is 0. The number of aliphatic carboxylic acids is 1. The van der Waals surface area contributed by atoms with Gasteiger partial charge < -0.3 is 28.6 Å². The van der Waals surface area contributed by atoms with Crippen molar-refractivity contribution in [1.82, 2.24) is 0 Å². The van der Waals surface area contributed by atoms with Crippen molar-refractivity contribution in [3.05, 3.63) is 36.5 Å². The fourth-order valence-electron chi connectivity index (χ4n) is 6.91. The number of hydrogen-bond acceptors (Lipinski definition) is 7. The second-order valence-electron chi connectivity index (χ2n) is 17.0. The Morgan fingerprint density at radius 1 is 0.544 bits per heavy atom. The summed E-state index contributed by atoms with van der Waals surface area (Å²) in [4.78, 5) is 36.9. The fourth-order valence-corrected chi connectivity index (χ4v) is 6.91. The molecule has 0 aliphatic rings. The third kappa shape index (κ3) is 38.8. The Morgan fingerprint density at radius 2 is 0.982 bits per heavy atom. The van der Waals surface area contributed by atoms with Crippen LogP contribution in [0, 0.1) is 0 Å². The zero-order valence-corrected chi connectivity index (χ0v) is 37.8. The Labute approximate surface area is 351 Å². The topological polar surface area (TPSA) is 102 Å². The molecule has 0 aromatic rings. The lowest BCUT2D eigenvalue weighted by molar-refractivity contribution is -0.889. The van der Waals surface area contributed by atoms with Crippen LogP contribution in [0.1, 0.15) is 206 Å². The molecular weight excluding hydrogens is 715 g/mol. The highest BCUT2D eigenvalue weighted by Gasteiger charge is 2.25. The molecule has 8 heteroatoms. The van der Waals surface area contributed by atoms with E-state index < -0.39 is 18.1 Å². The number of hydrogen-bond donors (Lipinski definition) is 0. The summed E-state index contributed by atoms with van der Waals surface area (Å²) in [7, 11) is 5.41. The van der Waals surface area contributed by atoms with Crippen molar-refractivity contribution in [2.75, 3.05) is 41.0 Å². The average molecular weight is 804 g/mol. The van der Waals surface area contributed by atoms with Crippen LogP contribution in [-0.4, -0.2) is 75.5 Å². The minimum atomic E-state index is -1.12. The van der Waals surface area contributed by atoms with Gasteiger partial charge in [0.25, 0.3) is 0 Å². The summed E-state index contributed by atoms with van der Waals surface area (Å²) in [5.41, 5.74) is 0. The number of unbranched alkanes of at least 4 members (excludes halogenated alkanes) is 22. The second-order valence-corrected chi connectivity index (χ2v) is 17.0. The maximum absolute atomic E-state index is 12.7. The van der Waals surface area contributed by atoms with Gasteiger partial charge in [-0.3, -0.25) is 9.59 Å². The van der Waals surface area contributed by atoms with Crippen LogP contribution >= 0.6 is 0 Å². The van der Waals surface area contributed by atoms with E-state index in [9.17, 15) is 19.5 Å². The monoisotopic (exact) mass is 804 g/mol. The molecule has 0 rings (SSSR count). The van der Waals surface area contributed by atoms with E-state index in [1.54, 1.807) is 21.1 Å². The quantitative estimate of drug-likeness (QED) is 0.0262. The average Bonchev–Trinajstić information content (AvgIpc) is 3.17. The van der Waals surface area contributed by atoms with Gasteiger partial charge in [-0.25, -0.2) is 0 Å². The van der Waals surface area contributed by atoms with Crippen LogP contribution in [0.2, 0.25) is 0 Å². The summed E-state index contributed by atoms with van der Waals surface area (Å²) in [5.74, 6) is -1.73. The molecule has 0 spiro atoms. The first-order valence-electron chi connectivity index (χ1n) is 23.5. The molecule has 0 aromatic carbocycles. The van der Waals surface area contributed by atoms with Crippen LogP contribution < -0.4 is 5.11 Å². The van der Waals surface area contributed by atoms with E-state index in [4.69, 9.17) is 14.2 Å². The van der Waals surface area contributed by atoms with E-state index in [-0.39, 0.29) is 42.7 Å². The first-order valence-corrected chi connectivity index (χ1v) is 23.5. The number of carboxylic acid groups (broad SMARTS) is 1. The SMILES string of the molecule is CC/C=C/C/C=C/C/C=C/CCCCCCCCCCCCC(=O)OCC(COCCC(C(=O)[O-])[N+](C)(C)C)OC(=O)CCCCCCCCCCCCCCC. The summed E-state index contributed by atoms with van der Waals surface area (Å²) in [5, 5.41) is 11.6. The van der Waals surface area contributed by atoms with E-state index in [1.807, 2.05) is 0 Å². The number of likely N-dealkylation sites (N-methyl/N-ethyl adjacent to an activating group) is 1. The normalized spacial score (nSPS) is 13.2. The number of quaternary nitrogens is 1. The summed E-state index contributed by atoms with van der Waals surface area (Å²) in [6, 6.07) is -0.724. The van der Waals surface area contributed by atoms with Crippen molar-refractivity contribution in [3.8, 4) is 0 Å². The highest BCUT2D eigenvalue weighted by Crippen LogP contribution is 2.15. The molecular formula is C49H89NO7. The Balaban J connectivity index is 4.25. The molecule has 0 aromatic heterocycles. The molecule has 0 amide bonds. The lowest BCUT2D eigenvalue weighted by atomic mass is 10.0. The van der Waals surface area contributed by atoms with Gasteiger partial charge in [-0.05, 0) is 44.9 Å². The molecule has 0 saturated heterocycles. The molecule has 2 atom stereocenters. The van der Waals surface area contributed by atoms with E-state index >= 15 is 0 Å². The minimum absolute atomic E-state index is 0.0427. The van der Waals surface area contributed by atoms with E-state index in [1.165, 1.54) is 116 Å². The Kier molecular flexibility index (Phi) is 38.6. The van der Waals surface area contributed by atoms with Crippen LogP contribution in [0.5, 0.6) is 0 Å². The van der Waals surface area contributed by atoms with Gasteiger partial charge >= 0.3 is 11.9 Å². The number of rotatable bonds is 42. The van der Waals surface area contributed by atoms with Crippen molar-refractivity contribution in [3.63, 3.8) is 0 Å². The van der Waals surface area contributed by atoms with Crippen LogP contribution in [0.15, 0.2) is 36.5 Å². The zero-order chi connectivity index (χ0) is 42.1. The highest BCUT2D eigenvalue weighted by molar-refractivity contribution is 5.70. The molecule has 57 heavy (non-hydrogen) atoms. The Hall–Kier alpha value is -2.45. The number of nitrogens with zero attached hydrogens (tertiary/aromatic N) is 1. The largest absolute Gasteiger partial charge is 0.544 e. The number of carbonyl (C=O) groups excluding carboxylic acids is 3. The number of esters is 2. The Bertz CT molecular complexity index is 1030. The van der Waals surface area contributed by atoms with Crippen LogP contribution in [0.4, 0.5) is 0 Å². The molecule has 0 N–H and O–H groups in total. The number of ether oxygens (including phenoxy) is 3. The van der Waals surface area contributed by atoms with Gasteiger partial charge in [0.1, 0.15) is 12.6 Å². The van der Waals surface area contributed by atoms with Gasteiger partial charge in [0.2, 0.25) is 0 Å². The lowest BCUT2D eigenvalue weighted by Gasteiger charge is -2.34. The second kappa shape index (κ2) is 40.3. The summed E-state index contributed by atoms with van der Waals surface area (Å²) in [6.07, 6.45) is 45.9. The van der Waals surface area contributed by atoms with Crippen LogP contribution in [0.3, 0.4) is 0 Å². The van der Waals surface area contributed by atoms with Gasteiger partial charge in [-0.2, -0.15) is 0 Å². The van der Waals surface area contributed by atoms with Crippen molar-refractivity contribution >= 4 is 17.9 Å². The van der Waals surface area contributed by atoms with Crippen molar-refractivity contribution in [2.45, 2.75) is 219 Å². The number of carboxylic acids is 1. The number of allylic oxidation sites excluding steroid dienone is 6. The molecule has 332 valence electrons. The predicted octanol–water partition coefficient (Wildman–Crippen LogP) is 11.7. The minimum Gasteiger partial charge on any atom is -0.544 e. The van der Waals surface area contributed by atoms with Gasteiger partial charge in [0, 0.05) is 19.3 Å². The van der Waals surface area contributed by atoms with Crippen molar-refractivity contribution in [2.24, 2.45) is 0 Å². The maximum Gasteiger partial charge on any atom is 0.306 e. The predicted molar refractivity (Wildman–Crippen MR) is 236 cm³/mol. The smallest absolute Gasteiger partial charge is 0.306 e. The van der Waals surface area contributed by atoms with E-state index in [0.29, 0.717) is 12.8 Å². The Morgan fingerprint density at radius 3 is 1.46 bits per heavy atom. The third-order valence-corrected chi connectivity index (χ3v) is 10.5. The molecule has 0 aliphatic heterocycles. The van der Waals surface area contributed by atoms with E-state index in [0.717, 1.165) is 57.8 Å². The molecule has 2 unspecified atom stereocenters. The first-order chi connectivity index (χ1) is 27.6. The van der Waals surface area contributed by atoms with Crippen LogP contribution in [0.25, 0.3) is 0 Å². The number of carbonyl (C=O) groups is 3. The highest BCUT2D eigenvalue weighted by atomic mass is 16.6. The molecule has 0 radical (unpaired) electrons. The molecule has 0 aliphatic carbocycles. The van der Waals surface area contributed by atoms with Crippen molar-refractivity contribution in [1.29, 1.82) is 0 Å². The molecule has 0 fully saturated rings. The standard InChI is InChI=1S/C49H89NO7/c1-6-8-10-12-14-16-18-20-21-22-23-24-25-26-28-29-31-33-35-37-39-47(51)56-44-45(43-55-42-41-46(49(53)54)50(3,4)5)57-48(52)40-38-36-34-32-30-27-19-17-15-13-11-9-7-2/h8,10,14,16,20-21,45-46H,6-7,9,11-13,15,17-19,22-44H2,1-5H3/b10-8+,16-14+,21-20+. The zero-order valence-electron chi connectivity index (χ0n) is 37.8. The molecule has 0 bridgehead atoms. The maximum atomic E-state index is 12.7. The van der Waals surface area contributed by atoms with Gasteiger partial charge in [0.15, 0.2) is 6.10 Å². The van der Waals surface area contributed by atoms with E-state index in [2.05, 4.69) is 50.3 Å². The molecule has 8 nitrogen and oxygen atoms in total. The summed E-state index contributed by atoms with van der Waals surface area (Å²) in [6.45, 7) is 4.56.